The van der Waals surface area contributed by atoms with E-state index in [0.717, 1.165) is 49.7 Å². The largest absolute Gasteiger partial charge is 0.381 e. The Hall–Kier alpha value is -4.61. The second-order valence-corrected chi connectivity index (χ2v) is 10.4. The summed E-state index contributed by atoms with van der Waals surface area (Å²) in [7, 11) is 0. The van der Waals surface area contributed by atoms with Gasteiger partial charge in [0.05, 0.1) is 23.0 Å². The summed E-state index contributed by atoms with van der Waals surface area (Å²) in [5, 5.41) is 20.5. The average molecular weight is 533 g/mol. The van der Waals surface area contributed by atoms with Gasteiger partial charge in [-0.05, 0) is 54.8 Å². The molecule has 202 valence electrons. The monoisotopic (exact) mass is 532 g/mol. The highest BCUT2D eigenvalue weighted by Crippen LogP contribution is 2.39. The fraction of sp³-hybridized carbons (Fsp3) is 0.281. The Labute approximate surface area is 234 Å². The van der Waals surface area contributed by atoms with E-state index >= 15 is 0 Å². The zero-order chi connectivity index (χ0) is 27.6. The summed E-state index contributed by atoms with van der Waals surface area (Å²) >= 11 is 0. The van der Waals surface area contributed by atoms with Crippen molar-refractivity contribution in [3.63, 3.8) is 0 Å². The number of nitrogens with one attached hydrogen (secondary N) is 2. The first-order chi connectivity index (χ1) is 19.5. The van der Waals surface area contributed by atoms with Gasteiger partial charge < -0.3 is 20.1 Å². The molecule has 2 aliphatic rings. The summed E-state index contributed by atoms with van der Waals surface area (Å²) < 4.78 is 5.18. The molecule has 0 bridgehead atoms. The fourth-order valence-electron chi connectivity index (χ4n) is 5.90. The quantitative estimate of drug-likeness (QED) is 0.376. The summed E-state index contributed by atoms with van der Waals surface area (Å²) in [4.78, 5) is 17.7. The van der Waals surface area contributed by atoms with Crippen LogP contribution in [-0.2, 0) is 13.1 Å². The van der Waals surface area contributed by atoms with Crippen LogP contribution in [0, 0.1) is 25.2 Å². The first-order valence-corrected chi connectivity index (χ1v) is 13.7. The van der Waals surface area contributed by atoms with Crippen molar-refractivity contribution in [1.29, 1.82) is 5.26 Å². The van der Waals surface area contributed by atoms with Crippen LogP contribution in [-0.4, -0.2) is 42.1 Å². The van der Waals surface area contributed by atoms with Crippen molar-refractivity contribution in [3.8, 4) is 6.07 Å². The number of benzene rings is 3. The van der Waals surface area contributed by atoms with E-state index in [1.54, 1.807) is 12.1 Å². The van der Waals surface area contributed by atoms with Gasteiger partial charge in [0.2, 0.25) is 0 Å². The molecule has 0 aliphatic carbocycles. The van der Waals surface area contributed by atoms with Crippen LogP contribution in [0.5, 0.6) is 0 Å². The van der Waals surface area contributed by atoms with Gasteiger partial charge in [-0.2, -0.15) is 5.26 Å². The molecule has 1 atom stereocenters. The van der Waals surface area contributed by atoms with Gasteiger partial charge in [0.15, 0.2) is 0 Å². The van der Waals surface area contributed by atoms with Gasteiger partial charge in [-0.25, -0.2) is 0 Å². The molecule has 40 heavy (non-hydrogen) atoms. The molecule has 2 aliphatic heterocycles. The number of carbonyl (C=O) groups is 1. The van der Waals surface area contributed by atoms with E-state index in [1.807, 2.05) is 19.9 Å². The van der Waals surface area contributed by atoms with Gasteiger partial charge >= 0.3 is 0 Å². The standard InChI is InChI=1S/C32H32N6O2/c1-21-28(22(2)40-36-21)20-35-32(39)23-11-12-30(25(17-23)18-33)37-13-15-38(16-14-37)31-26-8-4-3-7-24(26)19-34-29-10-6-5-9-27(29)31/h3-12,17,31,34H,13-16,19-20H2,1-2H3,(H,35,39). The molecule has 1 saturated heterocycles. The molecule has 1 aromatic heterocycles. The lowest BCUT2D eigenvalue weighted by Gasteiger charge is -2.41. The number of aromatic nitrogens is 1. The summed E-state index contributed by atoms with van der Waals surface area (Å²) in [6.45, 7) is 8.12. The minimum absolute atomic E-state index is 0.170. The highest BCUT2D eigenvalue weighted by atomic mass is 16.5. The van der Waals surface area contributed by atoms with Gasteiger partial charge in [0, 0.05) is 56.1 Å². The molecule has 3 heterocycles. The van der Waals surface area contributed by atoms with Crippen molar-refractivity contribution in [2.75, 3.05) is 36.4 Å². The zero-order valence-electron chi connectivity index (χ0n) is 22.8. The Balaban J connectivity index is 1.18. The first kappa shape index (κ1) is 25.7. The molecule has 3 aromatic carbocycles. The van der Waals surface area contributed by atoms with Crippen LogP contribution in [0.1, 0.15) is 55.7 Å². The summed E-state index contributed by atoms with van der Waals surface area (Å²) in [5.41, 5.74) is 8.62. The van der Waals surface area contributed by atoms with Crippen molar-refractivity contribution in [2.45, 2.75) is 33.0 Å². The van der Waals surface area contributed by atoms with E-state index in [-0.39, 0.29) is 11.9 Å². The Morgan fingerprint density at radius 1 is 1.05 bits per heavy atom. The van der Waals surface area contributed by atoms with Gasteiger partial charge in [0.1, 0.15) is 11.8 Å². The summed E-state index contributed by atoms with van der Waals surface area (Å²) in [6.07, 6.45) is 0. The van der Waals surface area contributed by atoms with E-state index < -0.39 is 0 Å². The molecule has 8 nitrogen and oxygen atoms in total. The molecule has 1 amide bonds. The maximum absolute atomic E-state index is 12.9. The highest BCUT2D eigenvalue weighted by Gasteiger charge is 2.31. The number of amides is 1. The number of para-hydroxylation sites is 1. The molecular formula is C32H32N6O2. The number of hydrogen-bond acceptors (Lipinski definition) is 7. The third-order valence-corrected chi connectivity index (χ3v) is 8.08. The van der Waals surface area contributed by atoms with Crippen molar-refractivity contribution in [3.05, 3.63) is 112 Å². The van der Waals surface area contributed by atoms with Crippen LogP contribution in [0.4, 0.5) is 11.4 Å². The summed E-state index contributed by atoms with van der Waals surface area (Å²) in [6, 6.07) is 25.2. The first-order valence-electron chi connectivity index (χ1n) is 13.7. The molecule has 0 radical (unpaired) electrons. The molecule has 0 saturated carbocycles. The lowest BCUT2D eigenvalue weighted by atomic mass is 9.93. The smallest absolute Gasteiger partial charge is 0.251 e. The van der Waals surface area contributed by atoms with Crippen molar-refractivity contribution < 1.29 is 9.32 Å². The minimum atomic E-state index is -0.229. The topological polar surface area (TPSA) is 97.4 Å². The van der Waals surface area contributed by atoms with E-state index in [9.17, 15) is 10.1 Å². The van der Waals surface area contributed by atoms with Gasteiger partial charge in [-0.1, -0.05) is 47.6 Å². The maximum Gasteiger partial charge on any atom is 0.251 e. The number of carbonyl (C=O) groups excluding carboxylic acids is 1. The van der Waals surface area contributed by atoms with E-state index in [0.29, 0.717) is 23.4 Å². The number of fused-ring (bicyclic) bond motifs is 2. The Morgan fingerprint density at radius 3 is 2.55 bits per heavy atom. The van der Waals surface area contributed by atoms with E-state index in [2.05, 4.69) is 80.2 Å². The van der Waals surface area contributed by atoms with Crippen LogP contribution in [0.2, 0.25) is 0 Å². The van der Waals surface area contributed by atoms with Gasteiger partial charge in [-0.3, -0.25) is 9.69 Å². The number of rotatable bonds is 5. The van der Waals surface area contributed by atoms with Crippen LogP contribution in [0.25, 0.3) is 0 Å². The molecular weight excluding hydrogens is 500 g/mol. The van der Waals surface area contributed by atoms with E-state index in [4.69, 9.17) is 4.52 Å². The van der Waals surface area contributed by atoms with Crippen molar-refractivity contribution in [2.24, 2.45) is 0 Å². The lowest BCUT2D eigenvalue weighted by molar-refractivity contribution is 0.0950. The van der Waals surface area contributed by atoms with Gasteiger partial charge in [-0.15, -0.1) is 0 Å². The number of nitriles is 1. The third kappa shape index (κ3) is 4.80. The van der Waals surface area contributed by atoms with Gasteiger partial charge in [0.25, 0.3) is 5.91 Å². The normalized spacial score (nSPS) is 16.7. The SMILES string of the molecule is Cc1noc(C)c1CNC(=O)c1ccc(N2CCN(C3c4ccccc4CNc4ccccc43)CC2)c(C#N)c1. The second kappa shape index (κ2) is 10.9. The van der Waals surface area contributed by atoms with Crippen LogP contribution >= 0.6 is 0 Å². The number of piperazine rings is 1. The minimum Gasteiger partial charge on any atom is -0.381 e. The second-order valence-electron chi connectivity index (χ2n) is 10.4. The Morgan fingerprint density at radius 2 is 1.80 bits per heavy atom. The average Bonchev–Trinajstić information content (AvgIpc) is 3.22. The Kier molecular flexibility index (Phi) is 6.97. The maximum atomic E-state index is 12.9. The van der Waals surface area contributed by atoms with Crippen LogP contribution in [0.15, 0.2) is 71.3 Å². The van der Waals surface area contributed by atoms with Crippen molar-refractivity contribution >= 4 is 17.3 Å². The molecule has 1 fully saturated rings. The number of anilines is 2. The van der Waals surface area contributed by atoms with E-state index in [1.165, 1.54) is 22.4 Å². The fourth-order valence-corrected chi connectivity index (χ4v) is 5.90. The molecule has 2 N–H and O–H groups in total. The van der Waals surface area contributed by atoms with Crippen molar-refractivity contribution in [1.82, 2.24) is 15.4 Å². The predicted molar refractivity (Wildman–Crippen MR) is 154 cm³/mol. The van der Waals surface area contributed by atoms with Crippen LogP contribution < -0.4 is 15.5 Å². The highest BCUT2D eigenvalue weighted by molar-refractivity contribution is 5.95. The molecule has 6 rings (SSSR count). The number of nitrogens with zero attached hydrogens (tertiary/aromatic N) is 4. The summed E-state index contributed by atoms with van der Waals surface area (Å²) in [5.74, 6) is 0.462. The molecule has 8 heteroatoms. The van der Waals surface area contributed by atoms with Crippen LogP contribution in [0.3, 0.4) is 0 Å². The molecule has 1 unspecified atom stereocenters. The molecule has 4 aromatic rings. The third-order valence-electron chi connectivity index (χ3n) is 8.08. The predicted octanol–water partition coefficient (Wildman–Crippen LogP) is 4.93. The zero-order valence-corrected chi connectivity index (χ0v) is 22.8. The lowest BCUT2D eigenvalue weighted by Crippen LogP contribution is -2.48. The molecule has 0 spiro atoms. The number of aryl methyl sites for hydroxylation is 2. The Bertz CT molecular complexity index is 1530. The number of hydrogen-bond donors (Lipinski definition) is 2.